The summed E-state index contributed by atoms with van der Waals surface area (Å²) in [6.45, 7) is 10.5. The lowest BCUT2D eigenvalue weighted by Gasteiger charge is -2.18. The van der Waals surface area contributed by atoms with Crippen LogP contribution in [0.2, 0.25) is 0 Å². The molecule has 1 unspecified atom stereocenters. The fourth-order valence-electron chi connectivity index (χ4n) is 3.13. The van der Waals surface area contributed by atoms with Crippen LogP contribution in [0.5, 0.6) is 0 Å². The van der Waals surface area contributed by atoms with Gasteiger partial charge in [-0.2, -0.15) is 0 Å². The van der Waals surface area contributed by atoms with Crippen molar-refractivity contribution in [3.05, 3.63) is 34.4 Å². The molecule has 0 saturated carbocycles. The summed E-state index contributed by atoms with van der Waals surface area (Å²) in [5.74, 6) is -1.12. The lowest BCUT2D eigenvalue weighted by molar-refractivity contribution is -0.147. The van der Waals surface area contributed by atoms with Crippen molar-refractivity contribution in [2.24, 2.45) is 5.92 Å². The molecular weight excluding hydrogens is 300 g/mol. The molecule has 1 aromatic carbocycles. The molecule has 0 aromatic heterocycles. The molecule has 0 heterocycles. The fraction of sp³-hybridized carbons (Fsp3) is 0.619. The van der Waals surface area contributed by atoms with Gasteiger partial charge in [-0.05, 0) is 44.7 Å². The zero-order chi connectivity index (χ0) is 18.1. The first kappa shape index (κ1) is 20.4. The molecule has 0 amide bonds. The van der Waals surface area contributed by atoms with Crippen LogP contribution in [-0.4, -0.2) is 18.4 Å². The van der Waals surface area contributed by atoms with Gasteiger partial charge < -0.3 is 4.74 Å². The van der Waals surface area contributed by atoms with Gasteiger partial charge in [0.2, 0.25) is 0 Å². The molecule has 0 aliphatic rings. The number of hydrogen-bond donors (Lipinski definition) is 0. The van der Waals surface area contributed by atoms with E-state index in [1.165, 1.54) is 0 Å². The van der Waals surface area contributed by atoms with Gasteiger partial charge in [0.05, 0.1) is 6.61 Å². The highest BCUT2D eigenvalue weighted by Gasteiger charge is 2.30. The summed E-state index contributed by atoms with van der Waals surface area (Å²) < 4.78 is 5.39. The molecule has 3 nitrogen and oxygen atoms in total. The first-order valence-corrected chi connectivity index (χ1v) is 9.21. The second kappa shape index (κ2) is 10.3. The van der Waals surface area contributed by atoms with Crippen LogP contribution in [0.1, 0.15) is 79.4 Å². The maximum absolute atomic E-state index is 13.0. The average Bonchev–Trinajstić information content (AvgIpc) is 2.51. The van der Waals surface area contributed by atoms with Gasteiger partial charge in [-0.25, -0.2) is 0 Å². The third kappa shape index (κ3) is 5.77. The van der Waals surface area contributed by atoms with Gasteiger partial charge in [-0.1, -0.05) is 57.2 Å². The van der Waals surface area contributed by atoms with E-state index in [2.05, 4.69) is 13.8 Å². The third-order valence-electron chi connectivity index (χ3n) is 4.36. The second-order valence-electron chi connectivity index (χ2n) is 6.71. The van der Waals surface area contributed by atoms with Crippen molar-refractivity contribution >= 4 is 11.8 Å². The van der Waals surface area contributed by atoms with Gasteiger partial charge in [0.1, 0.15) is 5.92 Å². The highest BCUT2D eigenvalue weighted by Crippen LogP contribution is 2.24. The first-order chi connectivity index (χ1) is 11.4. The van der Waals surface area contributed by atoms with Gasteiger partial charge in [0.15, 0.2) is 5.78 Å². The summed E-state index contributed by atoms with van der Waals surface area (Å²) >= 11 is 0. The molecular formula is C21H32O3. The van der Waals surface area contributed by atoms with Crippen molar-refractivity contribution in [3.8, 4) is 0 Å². The first-order valence-electron chi connectivity index (χ1n) is 9.21. The highest BCUT2D eigenvalue weighted by atomic mass is 16.5. The molecule has 134 valence electrons. The predicted octanol–water partition coefficient (Wildman–Crippen LogP) is 5.33. The van der Waals surface area contributed by atoms with E-state index in [1.54, 1.807) is 0 Å². The number of carbonyl (C=O) groups excluding carboxylic acids is 2. The summed E-state index contributed by atoms with van der Waals surface area (Å²) in [5, 5.41) is 0. The van der Waals surface area contributed by atoms with Crippen molar-refractivity contribution in [1.29, 1.82) is 0 Å². The number of ketones is 1. The van der Waals surface area contributed by atoms with Crippen LogP contribution >= 0.6 is 0 Å². The lowest BCUT2D eigenvalue weighted by atomic mass is 9.87. The number of carbonyl (C=O) groups is 2. The van der Waals surface area contributed by atoms with Crippen LogP contribution in [0.4, 0.5) is 0 Å². The normalized spacial score (nSPS) is 12.0. The Balaban J connectivity index is 2.94. The minimum atomic E-state index is -0.674. The van der Waals surface area contributed by atoms with Gasteiger partial charge in [0.25, 0.3) is 0 Å². The summed E-state index contributed by atoms with van der Waals surface area (Å²) in [7, 11) is 0. The number of Topliss-reactive ketones (excluding diaryl/α,β-unsaturated/α-hetero) is 1. The SMILES string of the molecule is CCCCCOC(=O)C(CCCC)C(=O)c1c(C)cc(C)cc1C. The molecule has 1 rings (SSSR count). The average molecular weight is 332 g/mol. The zero-order valence-electron chi connectivity index (χ0n) is 15.9. The van der Waals surface area contributed by atoms with E-state index in [4.69, 9.17) is 4.74 Å². The standard InChI is InChI=1S/C21H32O3/c1-6-8-10-12-24-21(23)18(11-9-7-2)20(22)19-16(4)13-15(3)14-17(19)5/h13-14,18H,6-12H2,1-5H3. The molecule has 0 N–H and O–H groups in total. The van der Waals surface area contributed by atoms with Gasteiger partial charge in [0, 0.05) is 5.56 Å². The Morgan fingerprint density at radius 3 is 2.08 bits per heavy atom. The molecule has 0 aliphatic carbocycles. The molecule has 1 atom stereocenters. The van der Waals surface area contributed by atoms with Crippen molar-refractivity contribution < 1.29 is 14.3 Å². The summed E-state index contributed by atoms with van der Waals surface area (Å²) in [4.78, 5) is 25.5. The topological polar surface area (TPSA) is 43.4 Å². The van der Waals surface area contributed by atoms with E-state index in [9.17, 15) is 9.59 Å². The van der Waals surface area contributed by atoms with Crippen LogP contribution in [-0.2, 0) is 9.53 Å². The van der Waals surface area contributed by atoms with E-state index < -0.39 is 5.92 Å². The maximum atomic E-state index is 13.0. The molecule has 24 heavy (non-hydrogen) atoms. The van der Waals surface area contributed by atoms with Crippen LogP contribution < -0.4 is 0 Å². The Morgan fingerprint density at radius 2 is 1.54 bits per heavy atom. The molecule has 1 aromatic rings. The molecule has 0 bridgehead atoms. The van der Waals surface area contributed by atoms with E-state index >= 15 is 0 Å². The summed E-state index contributed by atoms with van der Waals surface area (Å²) in [5.41, 5.74) is 3.71. The van der Waals surface area contributed by atoms with E-state index in [-0.39, 0.29) is 11.8 Å². The van der Waals surface area contributed by atoms with Crippen LogP contribution in [0.3, 0.4) is 0 Å². The number of benzene rings is 1. The van der Waals surface area contributed by atoms with Crippen molar-refractivity contribution in [2.75, 3.05) is 6.61 Å². The Labute approximate surface area is 146 Å². The quantitative estimate of drug-likeness (QED) is 0.251. The molecule has 0 saturated heterocycles. The predicted molar refractivity (Wildman–Crippen MR) is 98.5 cm³/mol. The van der Waals surface area contributed by atoms with E-state index in [0.29, 0.717) is 18.6 Å². The number of esters is 1. The molecule has 3 heteroatoms. The minimum absolute atomic E-state index is 0.0843. The van der Waals surface area contributed by atoms with Gasteiger partial charge in [-0.15, -0.1) is 0 Å². The maximum Gasteiger partial charge on any atom is 0.316 e. The molecule has 0 aliphatic heterocycles. The molecule has 0 fully saturated rings. The second-order valence-corrected chi connectivity index (χ2v) is 6.71. The Morgan fingerprint density at radius 1 is 0.958 bits per heavy atom. The van der Waals surface area contributed by atoms with Crippen molar-refractivity contribution in [1.82, 2.24) is 0 Å². The minimum Gasteiger partial charge on any atom is -0.465 e. The smallest absolute Gasteiger partial charge is 0.316 e. The lowest BCUT2D eigenvalue weighted by Crippen LogP contribution is -2.28. The zero-order valence-corrected chi connectivity index (χ0v) is 15.9. The van der Waals surface area contributed by atoms with Crippen molar-refractivity contribution in [3.63, 3.8) is 0 Å². The Bertz CT molecular complexity index is 537. The largest absolute Gasteiger partial charge is 0.465 e. The number of unbranched alkanes of at least 4 members (excludes halogenated alkanes) is 3. The number of hydrogen-bond acceptors (Lipinski definition) is 3. The third-order valence-corrected chi connectivity index (χ3v) is 4.36. The number of ether oxygens (including phenoxy) is 1. The van der Waals surface area contributed by atoms with Gasteiger partial charge in [-0.3, -0.25) is 9.59 Å². The van der Waals surface area contributed by atoms with E-state index in [1.807, 2.05) is 32.9 Å². The number of aryl methyl sites for hydroxylation is 3. The fourth-order valence-corrected chi connectivity index (χ4v) is 3.13. The monoisotopic (exact) mass is 332 g/mol. The molecule has 0 radical (unpaired) electrons. The summed E-state index contributed by atoms with van der Waals surface area (Å²) in [6.07, 6.45) is 5.35. The highest BCUT2D eigenvalue weighted by molar-refractivity contribution is 6.10. The van der Waals surface area contributed by atoms with Crippen LogP contribution in [0.15, 0.2) is 12.1 Å². The molecule has 0 spiro atoms. The number of rotatable bonds is 10. The van der Waals surface area contributed by atoms with Crippen LogP contribution in [0, 0.1) is 26.7 Å². The van der Waals surface area contributed by atoms with Gasteiger partial charge >= 0.3 is 5.97 Å². The summed E-state index contributed by atoms with van der Waals surface area (Å²) in [6, 6.07) is 4.01. The van der Waals surface area contributed by atoms with Crippen LogP contribution in [0.25, 0.3) is 0 Å². The van der Waals surface area contributed by atoms with Crippen molar-refractivity contribution in [2.45, 2.75) is 73.1 Å². The van der Waals surface area contributed by atoms with E-state index in [0.717, 1.165) is 48.8 Å². The Kier molecular flexibility index (Phi) is 8.73. The Hall–Kier alpha value is -1.64.